The molecule has 3 aromatic heterocycles. The van der Waals surface area contributed by atoms with Gasteiger partial charge in [0.15, 0.2) is 5.13 Å². The number of hydrogen-bond donors (Lipinski definition) is 1. The second kappa shape index (κ2) is 8.30. The zero-order valence-electron chi connectivity index (χ0n) is 17.8. The Morgan fingerprint density at radius 1 is 1.35 bits per heavy atom. The first-order chi connectivity index (χ1) is 15.1. The molecular weight excluding hydrogens is 406 g/mol. The van der Waals surface area contributed by atoms with Gasteiger partial charge in [-0.3, -0.25) is 4.79 Å². The number of hydrogen-bond acceptors (Lipinski definition) is 5. The molecule has 6 nitrogen and oxygen atoms in total. The number of fused-ring (bicyclic) bond motifs is 1. The van der Waals surface area contributed by atoms with Crippen LogP contribution < -0.4 is 5.32 Å². The van der Waals surface area contributed by atoms with Gasteiger partial charge in [-0.2, -0.15) is 0 Å². The van der Waals surface area contributed by atoms with Crippen LogP contribution in [-0.2, 0) is 4.79 Å². The van der Waals surface area contributed by atoms with Gasteiger partial charge in [0.2, 0.25) is 5.91 Å². The highest BCUT2D eigenvalue weighted by atomic mass is 32.1. The summed E-state index contributed by atoms with van der Waals surface area (Å²) in [7, 11) is 0. The zero-order valence-corrected chi connectivity index (χ0v) is 18.6. The number of aromatic nitrogens is 3. The maximum atomic E-state index is 12.0. The molecule has 2 aliphatic rings. The molecule has 160 valence electrons. The van der Waals surface area contributed by atoms with Gasteiger partial charge in [0.05, 0.1) is 11.2 Å². The molecule has 31 heavy (non-hydrogen) atoms. The van der Waals surface area contributed by atoms with E-state index in [2.05, 4.69) is 52.8 Å². The number of pyridine rings is 1. The van der Waals surface area contributed by atoms with Crippen LogP contribution in [0.2, 0.25) is 0 Å². The lowest BCUT2D eigenvalue weighted by Gasteiger charge is -2.25. The minimum atomic E-state index is -0.0182. The molecular formula is C24H27N5OS. The summed E-state index contributed by atoms with van der Waals surface area (Å²) in [6.07, 6.45) is 13.5. The molecule has 0 bridgehead atoms. The van der Waals surface area contributed by atoms with Crippen LogP contribution in [0.3, 0.4) is 0 Å². The maximum absolute atomic E-state index is 12.0. The van der Waals surface area contributed by atoms with Crippen molar-refractivity contribution in [2.24, 2.45) is 0 Å². The van der Waals surface area contributed by atoms with E-state index in [9.17, 15) is 4.79 Å². The van der Waals surface area contributed by atoms with Crippen LogP contribution in [0.4, 0.5) is 10.9 Å². The van der Waals surface area contributed by atoms with Crippen molar-refractivity contribution in [2.75, 3.05) is 18.4 Å². The third-order valence-corrected chi connectivity index (χ3v) is 7.12. The molecule has 1 saturated carbocycles. The lowest BCUT2D eigenvalue weighted by atomic mass is 10.0. The van der Waals surface area contributed by atoms with Crippen LogP contribution in [0.5, 0.6) is 0 Å². The van der Waals surface area contributed by atoms with E-state index in [4.69, 9.17) is 4.98 Å². The monoisotopic (exact) mass is 433 g/mol. The number of carbonyl (C=O) groups is 1. The number of aryl methyl sites for hydroxylation is 1. The minimum absolute atomic E-state index is 0.0182. The highest BCUT2D eigenvalue weighted by Gasteiger charge is 2.23. The van der Waals surface area contributed by atoms with Crippen molar-refractivity contribution >= 4 is 44.7 Å². The Bertz CT molecular complexity index is 1170. The summed E-state index contributed by atoms with van der Waals surface area (Å²) in [5, 5.41) is 5.46. The SMILES string of the molecule is C=CC(=O)N1CC=C(c2nc(Nc3ncc(C)s3)cc3c2ccn3C2CCCC2)CC1. The summed E-state index contributed by atoms with van der Waals surface area (Å²) in [5.74, 6) is 0.802. The van der Waals surface area contributed by atoms with Crippen molar-refractivity contribution in [1.82, 2.24) is 19.4 Å². The largest absolute Gasteiger partial charge is 0.344 e. The third-order valence-electron chi connectivity index (χ3n) is 6.29. The van der Waals surface area contributed by atoms with Crippen LogP contribution in [0.1, 0.15) is 48.7 Å². The fourth-order valence-electron chi connectivity index (χ4n) is 4.70. The molecule has 0 saturated heterocycles. The van der Waals surface area contributed by atoms with E-state index < -0.39 is 0 Å². The number of rotatable bonds is 5. The first-order valence-corrected chi connectivity index (χ1v) is 11.8. The van der Waals surface area contributed by atoms with Crippen molar-refractivity contribution in [3.8, 4) is 0 Å². The van der Waals surface area contributed by atoms with E-state index in [1.807, 2.05) is 11.1 Å². The molecule has 7 heteroatoms. The Morgan fingerprint density at radius 2 is 2.19 bits per heavy atom. The van der Waals surface area contributed by atoms with Gasteiger partial charge in [-0.25, -0.2) is 9.97 Å². The molecule has 0 aromatic carbocycles. The molecule has 4 heterocycles. The normalized spacial score (nSPS) is 17.2. The van der Waals surface area contributed by atoms with Gasteiger partial charge in [0.25, 0.3) is 0 Å². The fourth-order valence-corrected chi connectivity index (χ4v) is 5.37. The molecule has 0 atom stereocenters. The van der Waals surface area contributed by atoms with Gasteiger partial charge < -0.3 is 14.8 Å². The van der Waals surface area contributed by atoms with Crippen molar-refractivity contribution in [3.05, 3.63) is 53.8 Å². The van der Waals surface area contributed by atoms with E-state index in [-0.39, 0.29) is 5.91 Å². The quantitative estimate of drug-likeness (QED) is 0.543. The van der Waals surface area contributed by atoms with E-state index in [1.165, 1.54) is 53.1 Å². The number of nitrogens with zero attached hydrogens (tertiary/aromatic N) is 4. The van der Waals surface area contributed by atoms with E-state index in [1.54, 1.807) is 11.3 Å². The number of nitrogens with one attached hydrogen (secondary N) is 1. The van der Waals surface area contributed by atoms with Crippen LogP contribution in [0.15, 0.2) is 43.3 Å². The van der Waals surface area contributed by atoms with E-state index in [0.717, 1.165) is 23.1 Å². The summed E-state index contributed by atoms with van der Waals surface area (Å²) in [6, 6.07) is 4.92. The van der Waals surface area contributed by atoms with Gasteiger partial charge in [0, 0.05) is 47.9 Å². The summed E-state index contributed by atoms with van der Waals surface area (Å²) in [6.45, 7) is 6.94. The van der Waals surface area contributed by atoms with Gasteiger partial charge in [-0.1, -0.05) is 25.5 Å². The Balaban J connectivity index is 1.56. The van der Waals surface area contributed by atoms with Crippen molar-refractivity contribution < 1.29 is 4.79 Å². The first-order valence-electron chi connectivity index (χ1n) is 10.9. The molecule has 1 aliphatic carbocycles. The predicted molar refractivity (Wildman–Crippen MR) is 127 cm³/mol. The number of thiazole rings is 1. The second-order valence-electron chi connectivity index (χ2n) is 8.32. The van der Waals surface area contributed by atoms with Crippen LogP contribution in [0, 0.1) is 6.92 Å². The highest BCUT2D eigenvalue weighted by Crippen LogP contribution is 2.37. The lowest BCUT2D eigenvalue weighted by molar-refractivity contribution is -0.125. The van der Waals surface area contributed by atoms with Crippen molar-refractivity contribution in [3.63, 3.8) is 0 Å². The van der Waals surface area contributed by atoms with Crippen molar-refractivity contribution in [1.29, 1.82) is 0 Å². The van der Waals surface area contributed by atoms with Crippen LogP contribution >= 0.6 is 11.3 Å². The highest BCUT2D eigenvalue weighted by molar-refractivity contribution is 7.15. The van der Waals surface area contributed by atoms with Crippen LogP contribution in [0.25, 0.3) is 16.5 Å². The summed E-state index contributed by atoms with van der Waals surface area (Å²) in [5.41, 5.74) is 3.43. The number of carbonyl (C=O) groups excluding carboxylic acids is 1. The predicted octanol–water partition coefficient (Wildman–Crippen LogP) is 5.46. The number of amides is 1. The molecule has 1 N–H and O–H groups in total. The standard InChI is InChI=1S/C24H27N5OS/c1-3-22(30)28-11-8-17(9-12-28)23-19-10-13-29(18-6-4-5-7-18)20(19)14-21(26-23)27-24-25-15-16(2)31-24/h3,8,10,13-15,18H,1,4-7,9,11-12H2,2H3,(H,25,26,27). The fraction of sp³-hybridized carbons (Fsp3) is 0.375. The Morgan fingerprint density at radius 3 is 2.87 bits per heavy atom. The summed E-state index contributed by atoms with van der Waals surface area (Å²) < 4.78 is 2.43. The summed E-state index contributed by atoms with van der Waals surface area (Å²) >= 11 is 1.63. The Hall–Kier alpha value is -2.93. The molecule has 3 aromatic rings. The van der Waals surface area contributed by atoms with Gasteiger partial charge in [-0.15, -0.1) is 11.3 Å². The minimum Gasteiger partial charge on any atom is -0.344 e. The topological polar surface area (TPSA) is 63.1 Å². The second-order valence-corrected chi connectivity index (χ2v) is 9.55. The Labute approximate surface area is 186 Å². The molecule has 0 radical (unpaired) electrons. The molecule has 1 amide bonds. The lowest BCUT2D eigenvalue weighted by Crippen LogP contribution is -2.33. The molecule has 0 unspecified atom stereocenters. The average Bonchev–Trinajstić information content (AvgIpc) is 3.54. The van der Waals surface area contributed by atoms with E-state index in [0.29, 0.717) is 19.1 Å². The maximum Gasteiger partial charge on any atom is 0.246 e. The third kappa shape index (κ3) is 3.90. The van der Waals surface area contributed by atoms with Gasteiger partial charge >= 0.3 is 0 Å². The van der Waals surface area contributed by atoms with Gasteiger partial charge in [-0.05, 0) is 43.9 Å². The average molecular weight is 434 g/mol. The molecule has 0 spiro atoms. The van der Waals surface area contributed by atoms with E-state index >= 15 is 0 Å². The molecule has 1 fully saturated rings. The van der Waals surface area contributed by atoms with Crippen LogP contribution in [-0.4, -0.2) is 38.4 Å². The van der Waals surface area contributed by atoms with Crippen molar-refractivity contribution in [2.45, 2.75) is 45.1 Å². The smallest absolute Gasteiger partial charge is 0.246 e. The number of anilines is 2. The van der Waals surface area contributed by atoms with Gasteiger partial charge in [0.1, 0.15) is 5.82 Å². The summed E-state index contributed by atoms with van der Waals surface area (Å²) in [4.78, 5) is 24.4. The molecule has 5 rings (SSSR count). The first kappa shape index (κ1) is 20.0. The zero-order chi connectivity index (χ0) is 21.4. The Kier molecular flexibility index (Phi) is 5.36. The molecule has 1 aliphatic heterocycles.